The van der Waals surface area contributed by atoms with Gasteiger partial charge in [-0.2, -0.15) is 0 Å². The van der Waals surface area contributed by atoms with E-state index in [1.807, 2.05) is 0 Å². The van der Waals surface area contributed by atoms with Gasteiger partial charge in [0.1, 0.15) is 10.7 Å². The molecule has 0 amide bonds. The van der Waals surface area contributed by atoms with Gasteiger partial charge in [-0.05, 0) is 37.0 Å². The number of rotatable bonds is 6. The molecule has 0 radical (unpaired) electrons. The molecule has 0 spiro atoms. The summed E-state index contributed by atoms with van der Waals surface area (Å²) in [5.74, 6) is -0.0487. The Morgan fingerprint density at radius 2 is 2.11 bits per heavy atom. The summed E-state index contributed by atoms with van der Waals surface area (Å²) >= 11 is 0. The smallest absolute Gasteiger partial charge is 0.243 e. The first-order valence-corrected chi connectivity index (χ1v) is 7.52. The minimum atomic E-state index is -3.77. The van der Waals surface area contributed by atoms with E-state index < -0.39 is 15.8 Å². The van der Waals surface area contributed by atoms with Crippen molar-refractivity contribution in [2.24, 2.45) is 5.92 Å². The number of anilines is 1. The van der Waals surface area contributed by atoms with Crippen molar-refractivity contribution in [2.45, 2.75) is 30.6 Å². The van der Waals surface area contributed by atoms with Gasteiger partial charge in [0.2, 0.25) is 10.0 Å². The molecule has 0 unspecified atom stereocenters. The summed E-state index contributed by atoms with van der Waals surface area (Å²) in [6.45, 7) is 0.350. The van der Waals surface area contributed by atoms with Gasteiger partial charge >= 0.3 is 0 Å². The predicted octanol–water partition coefficient (Wildman–Crippen LogP) is 1.88. The maximum Gasteiger partial charge on any atom is 0.243 e. The summed E-state index contributed by atoms with van der Waals surface area (Å²) in [5.41, 5.74) is 5.59. The highest BCUT2D eigenvalue weighted by Gasteiger charge is 2.22. The van der Waals surface area contributed by atoms with Crippen molar-refractivity contribution in [1.29, 1.82) is 0 Å². The Bertz CT molecular complexity index is 527. The van der Waals surface area contributed by atoms with Crippen LogP contribution in [0.5, 0.6) is 0 Å². The van der Waals surface area contributed by atoms with E-state index in [1.165, 1.54) is 25.0 Å². The van der Waals surface area contributed by atoms with Crippen LogP contribution in [0.3, 0.4) is 0 Å². The second kappa shape index (κ2) is 5.24. The lowest BCUT2D eigenvalue weighted by Crippen LogP contribution is -2.25. The molecule has 0 heterocycles. The van der Waals surface area contributed by atoms with Crippen molar-refractivity contribution in [2.75, 3.05) is 12.3 Å². The number of benzene rings is 1. The molecule has 0 aliphatic heterocycles. The highest BCUT2D eigenvalue weighted by molar-refractivity contribution is 7.89. The second-order valence-corrected chi connectivity index (χ2v) is 6.41. The van der Waals surface area contributed by atoms with Crippen LogP contribution in [0.25, 0.3) is 0 Å². The molecule has 4 nitrogen and oxygen atoms in total. The normalized spacial score (nSPS) is 15.8. The van der Waals surface area contributed by atoms with Crippen molar-refractivity contribution >= 4 is 15.7 Å². The standard InChI is InChI=1S/C12H17FN2O2S/c13-11-8-10(14)5-6-12(11)18(16,17)15-7-1-2-9-3-4-9/h5-6,8-9,15H,1-4,7,14H2. The van der Waals surface area contributed by atoms with E-state index in [2.05, 4.69) is 4.72 Å². The van der Waals surface area contributed by atoms with Gasteiger partial charge in [-0.1, -0.05) is 12.8 Å². The molecule has 1 saturated carbocycles. The molecule has 1 aliphatic rings. The van der Waals surface area contributed by atoms with Gasteiger partial charge < -0.3 is 5.73 Å². The van der Waals surface area contributed by atoms with Gasteiger partial charge in [0.05, 0.1) is 0 Å². The van der Waals surface area contributed by atoms with Crippen LogP contribution in [0.15, 0.2) is 23.1 Å². The lowest BCUT2D eigenvalue weighted by Gasteiger charge is -2.07. The summed E-state index contributed by atoms with van der Waals surface area (Å²) < 4.78 is 39.6. The van der Waals surface area contributed by atoms with Crippen molar-refractivity contribution in [3.63, 3.8) is 0 Å². The van der Waals surface area contributed by atoms with Crippen molar-refractivity contribution < 1.29 is 12.8 Å². The third-order valence-electron chi connectivity index (χ3n) is 3.02. The van der Waals surface area contributed by atoms with Gasteiger partial charge in [0, 0.05) is 12.2 Å². The van der Waals surface area contributed by atoms with Gasteiger partial charge in [0.25, 0.3) is 0 Å². The lowest BCUT2D eigenvalue weighted by molar-refractivity contribution is 0.552. The van der Waals surface area contributed by atoms with E-state index in [4.69, 9.17) is 5.73 Å². The monoisotopic (exact) mass is 272 g/mol. The SMILES string of the molecule is Nc1ccc(S(=O)(=O)NCCCC2CC2)c(F)c1. The molecule has 0 aromatic heterocycles. The average molecular weight is 272 g/mol. The highest BCUT2D eigenvalue weighted by Crippen LogP contribution is 2.33. The van der Waals surface area contributed by atoms with Crippen LogP contribution in [0.1, 0.15) is 25.7 Å². The zero-order chi connectivity index (χ0) is 13.2. The first-order valence-electron chi connectivity index (χ1n) is 6.04. The topological polar surface area (TPSA) is 72.2 Å². The number of nitrogens with two attached hydrogens (primary N) is 1. The first kappa shape index (κ1) is 13.3. The fourth-order valence-electron chi connectivity index (χ4n) is 1.82. The molecule has 1 aromatic carbocycles. The molecule has 2 rings (SSSR count). The second-order valence-electron chi connectivity index (χ2n) is 4.67. The number of nitrogens with one attached hydrogen (secondary N) is 1. The fraction of sp³-hybridized carbons (Fsp3) is 0.500. The van der Waals surface area contributed by atoms with Crippen molar-refractivity contribution in [3.8, 4) is 0 Å². The lowest BCUT2D eigenvalue weighted by atomic mass is 10.2. The van der Waals surface area contributed by atoms with Crippen LogP contribution in [0, 0.1) is 11.7 Å². The Morgan fingerprint density at radius 3 is 2.72 bits per heavy atom. The van der Waals surface area contributed by atoms with Crippen LogP contribution in [0.2, 0.25) is 0 Å². The van der Waals surface area contributed by atoms with Gasteiger partial charge in [0.15, 0.2) is 0 Å². The van der Waals surface area contributed by atoms with Crippen molar-refractivity contribution in [1.82, 2.24) is 4.72 Å². The fourth-order valence-corrected chi connectivity index (χ4v) is 2.95. The summed E-state index contributed by atoms with van der Waals surface area (Å²) in [7, 11) is -3.77. The Hall–Kier alpha value is -1.14. The summed E-state index contributed by atoms with van der Waals surface area (Å²) in [6.07, 6.45) is 4.33. The molecule has 1 fully saturated rings. The molecule has 1 aliphatic carbocycles. The number of halogens is 1. The number of hydrogen-bond donors (Lipinski definition) is 2. The van der Waals surface area contributed by atoms with E-state index >= 15 is 0 Å². The highest BCUT2D eigenvalue weighted by atomic mass is 32.2. The van der Waals surface area contributed by atoms with E-state index in [-0.39, 0.29) is 10.6 Å². The van der Waals surface area contributed by atoms with E-state index in [9.17, 15) is 12.8 Å². The number of hydrogen-bond acceptors (Lipinski definition) is 3. The molecular weight excluding hydrogens is 255 g/mol. The molecular formula is C12H17FN2O2S. The molecule has 6 heteroatoms. The minimum absolute atomic E-state index is 0.209. The molecule has 0 atom stereocenters. The van der Waals surface area contributed by atoms with Crippen LogP contribution in [-0.2, 0) is 10.0 Å². The Balaban J connectivity index is 1.95. The van der Waals surface area contributed by atoms with Crippen LogP contribution in [-0.4, -0.2) is 15.0 Å². The van der Waals surface area contributed by atoms with Crippen molar-refractivity contribution in [3.05, 3.63) is 24.0 Å². The third kappa shape index (κ3) is 3.43. The van der Waals surface area contributed by atoms with Gasteiger partial charge in [-0.3, -0.25) is 0 Å². The summed E-state index contributed by atoms with van der Waals surface area (Å²) in [5, 5.41) is 0. The maximum absolute atomic E-state index is 13.5. The molecule has 18 heavy (non-hydrogen) atoms. The van der Waals surface area contributed by atoms with Crippen LogP contribution in [0.4, 0.5) is 10.1 Å². The largest absolute Gasteiger partial charge is 0.399 e. The van der Waals surface area contributed by atoms with E-state index in [1.54, 1.807) is 0 Å². The maximum atomic E-state index is 13.5. The Morgan fingerprint density at radius 1 is 1.39 bits per heavy atom. The average Bonchev–Trinajstić information content (AvgIpc) is 3.07. The predicted molar refractivity (Wildman–Crippen MR) is 68.0 cm³/mol. The molecule has 3 N–H and O–H groups in total. The summed E-state index contributed by atoms with van der Waals surface area (Å²) in [4.78, 5) is -0.344. The van der Waals surface area contributed by atoms with E-state index in [0.29, 0.717) is 6.54 Å². The minimum Gasteiger partial charge on any atom is -0.399 e. The number of sulfonamides is 1. The molecule has 0 saturated heterocycles. The quantitative estimate of drug-likeness (QED) is 0.613. The third-order valence-corrected chi connectivity index (χ3v) is 4.52. The Kier molecular flexibility index (Phi) is 3.87. The number of nitrogen functional groups attached to an aromatic ring is 1. The summed E-state index contributed by atoms with van der Waals surface area (Å²) in [6, 6.07) is 3.58. The van der Waals surface area contributed by atoms with Gasteiger partial charge in [-0.25, -0.2) is 17.5 Å². The van der Waals surface area contributed by atoms with Gasteiger partial charge in [-0.15, -0.1) is 0 Å². The molecule has 0 bridgehead atoms. The molecule has 100 valence electrons. The first-order chi connectivity index (χ1) is 8.49. The zero-order valence-corrected chi connectivity index (χ0v) is 10.8. The molecule has 1 aromatic rings. The Labute approximate surface area is 106 Å². The zero-order valence-electron chi connectivity index (χ0n) is 10.0. The van der Waals surface area contributed by atoms with Crippen LogP contribution < -0.4 is 10.5 Å². The van der Waals surface area contributed by atoms with E-state index in [0.717, 1.165) is 24.8 Å². The van der Waals surface area contributed by atoms with Crippen LogP contribution >= 0.6 is 0 Å².